The standard InChI is InChI=1S/C14H30N4O/c1-15-14(16-9-6-12-19-3)17-10-11-18(2)13-7-4-5-8-13/h13H,4-12H2,1-3H3,(H2,15,16,17). The molecule has 1 saturated carbocycles. The van der Waals surface area contributed by atoms with Gasteiger partial charge in [0.05, 0.1) is 0 Å². The molecule has 1 rings (SSSR count). The average Bonchev–Trinajstić information content (AvgIpc) is 2.95. The van der Waals surface area contributed by atoms with Crippen molar-refractivity contribution in [2.24, 2.45) is 4.99 Å². The lowest BCUT2D eigenvalue weighted by molar-refractivity contribution is 0.195. The van der Waals surface area contributed by atoms with Gasteiger partial charge in [-0.3, -0.25) is 4.99 Å². The third-order valence-corrected chi connectivity index (χ3v) is 3.75. The molecule has 1 aliphatic carbocycles. The van der Waals surface area contributed by atoms with Gasteiger partial charge in [0.15, 0.2) is 5.96 Å². The Kier molecular flexibility index (Phi) is 8.58. The van der Waals surface area contributed by atoms with Crippen molar-refractivity contribution in [3.63, 3.8) is 0 Å². The fraction of sp³-hybridized carbons (Fsp3) is 0.929. The van der Waals surface area contributed by atoms with Gasteiger partial charge < -0.3 is 20.3 Å². The quantitative estimate of drug-likeness (QED) is 0.393. The molecule has 0 amide bonds. The molecule has 2 N–H and O–H groups in total. The number of nitrogens with zero attached hydrogens (tertiary/aromatic N) is 2. The molecule has 5 nitrogen and oxygen atoms in total. The highest BCUT2D eigenvalue weighted by Crippen LogP contribution is 2.21. The molecule has 19 heavy (non-hydrogen) atoms. The minimum atomic E-state index is 0.786. The zero-order chi connectivity index (χ0) is 13.9. The van der Waals surface area contributed by atoms with E-state index in [1.165, 1.54) is 25.7 Å². The van der Waals surface area contributed by atoms with E-state index < -0.39 is 0 Å². The number of nitrogens with one attached hydrogen (secondary N) is 2. The molecule has 0 aromatic carbocycles. The maximum atomic E-state index is 5.02. The number of guanidine groups is 1. The van der Waals surface area contributed by atoms with Crippen LogP contribution in [0.15, 0.2) is 4.99 Å². The van der Waals surface area contributed by atoms with E-state index in [1.807, 2.05) is 7.05 Å². The molecule has 0 aromatic heterocycles. The number of hydrogen-bond acceptors (Lipinski definition) is 3. The minimum absolute atomic E-state index is 0.786. The van der Waals surface area contributed by atoms with Crippen molar-refractivity contribution < 1.29 is 4.74 Å². The van der Waals surface area contributed by atoms with Gasteiger partial charge in [-0.1, -0.05) is 12.8 Å². The molecular formula is C14H30N4O. The largest absolute Gasteiger partial charge is 0.385 e. The highest BCUT2D eigenvalue weighted by Gasteiger charge is 2.18. The highest BCUT2D eigenvalue weighted by atomic mass is 16.5. The van der Waals surface area contributed by atoms with E-state index in [0.29, 0.717) is 0 Å². The molecule has 0 saturated heterocycles. The topological polar surface area (TPSA) is 48.9 Å². The maximum absolute atomic E-state index is 5.02. The molecule has 0 radical (unpaired) electrons. The van der Waals surface area contributed by atoms with Gasteiger partial charge in [0.25, 0.3) is 0 Å². The number of aliphatic imine (C=N–C) groups is 1. The van der Waals surface area contributed by atoms with Crippen molar-refractivity contribution in [1.29, 1.82) is 0 Å². The van der Waals surface area contributed by atoms with Crippen LogP contribution in [0, 0.1) is 0 Å². The van der Waals surface area contributed by atoms with E-state index in [2.05, 4.69) is 27.6 Å². The summed E-state index contributed by atoms with van der Waals surface area (Å²) in [6.45, 7) is 3.70. The molecule has 1 aliphatic rings. The highest BCUT2D eigenvalue weighted by molar-refractivity contribution is 5.79. The Morgan fingerprint density at radius 2 is 1.95 bits per heavy atom. The first-order valence-corrected chi connectivity index (χ1v) is 7.41. The fourth-order valence-corrected chi connectivity index (χ4v) is 2.52. The molecule has 0 aliphatic heterocycles. The Hall–Kier alpha value is -0.810. The smallest absolute Gasteiger partial charge is 0.191 e. The zero-order valence-electron chi connectivity index (χ0n) is 12.7. The lowest BCUT2D eigenvalue weighted by atomic mass is 10.2. The predicted molar refractivity (Wildman–Crippen MR) is 80.7 cm³/mol. The van der Waals surface area contributed by atoms with Crippen molar-refractivity contribution in [2.45, 2.75) is 38.1 Å². The number of rotatable bonds is 8. The third-order valence-electron chi connectivity index (χ3n) is 3.75. The second-order valence-corrected chi connectivity index (χ2v) is 5.19. The van der Waals surface area contributed by atoms with Crippen LogP contribution in [-0.2, 0) is 4.74 Å². The van der Waals surface area contributed by atoms with Crippen LogP contribution in [-0.4, -0.2) is 64.3 Å². The van der Waals surface area contributed by atoms with E-state index >= 15 is 0 Å². The second kappa shape index (κ2) is 10.0. The monoisotopic (exact) mass is 270 g/mol. The third kappa shape index (κ3) is 6.78. The molecule has 0 spiro atoms. The van der Waals surface area contributed by atoms with E-state index in [0.717, 1.165) is 44.7 Å². The Balaban J connectivity index is 2.08. The van der Waals surface area contributed by atoms with Crippen molar-refractivity contribution in [1.82, 2.24) is 15.5 Å². The number of hydrogen-bond donors (Lipinski definition) is 2. The molecule has 112 valence electrons. The average molecular weight is 270 g/mol. The van der Waals surface area contributed by atoms with Crippen LogP contribution in [0.3, 0.4) is 0 Å². The summed E-state index contributed by atoms with van der Waals surface area (Å²) in [7, 11) is 5.77. The molecule has 0 aromatic rings. The lowest BCUT2D eigenvalue weighted by Crippen LogP contribution is -2.42. The second-order valence-electron chi connectivity index (χ2n) is 5.19. The van der Waals surface area contributed by atoms with Crippen LogP contribution in [0.25, 0.3) is 0 Å². The molecule has 5 heteroatoms. The van der Waals surface area contributed by atoms with Gasteiger partial charge in [0.2, 0.25) is 0 Å². The van der Waals surface area contributed by atoms with Crippen LogP contribution in [0.2, 0.25) is 0 Å². The minimum Gasteiger partial charge on any atom is -0.385 e. The van der Waals surface area contributed by atoms with Gasteiger partial charge in [0, 0.05) is 46.4 Å². The van der Waals surface area contributed by atoms with Crippen molar-refractivity contribution in [2.75, 3.05) is 47.4 Å². The number of ether oxygens (including phenoxy) is 1. The Morgan fingerprint density at radius 1 is 1.26 bits per heavy atom. The van der Waals surface area contributed by atoms with Gasteiger partial charge in [-0.05, 0) is 26.3 Å². The molecule has 0 unspecified atom stereocenters. The number of methoxy groups -OCH3 is 1. The van der Waals surface area contributed by atoms with Crippen molar-refractivity contribution in [3.8, 4) is 0 Å². The Bertz CT molecular complexity index is 252. The lowest BCUT2D eigenvalue weighted by Gasteiger charge is -2.24. The molecule has 0 bridgehead atoms. The van der Waals surface area contributed by atoms with Crippen molar-refractivity contribution in [3.05, 3.63) is 0 Å². The van der Waals surface area contributed by atoms with Crippen LogP contribution < -0.4 is 10.6 Å². The zero-order valence-corrected chi connectivity index (χ0v) is 12.7. The van der Waals surface area contributed by atoms with Gasteiger partial charge in [0.1, 0.15) is 0 Å². The first-order chi connectivity index (χ1) is 9.27. The Labute approximate surface area is 117 Å². The normalized spacial score (nSPS) is 17.2. The van der Waals surface area contributed by atoms with E-state index in [4.69, 9.17) is 4.74 Å². The van der Waals surface area contributed by atoms with E-state index in [-0.39, 0.29) is 0 Å². The SMILES string of the molecule is CN=C(NCCCOC)NCCN(C)C1CCCC1. The van der Waals surface area contributed by atoms with E-state index in [9.17, 15) is 0 Å². The first-order valence-electron chi connectivity index (χ1n) is 7.41. The first kappa shape index (κ1) is 16.2. The molecular weight excluding hydrogens is 240 g/mol. The summed E-state index contributed by atoms with van der Waals surface area (Å²) >= 11 is 0. The summed E-state index contributed by atoms with van der Waals surface area (Å²) in [4.78, 5) is 6.69. The predicted octanol–water partition coefficient (Wildman–Crippen LogP) is 1.06. The summed E-state index contributed by atoms with van der Waals surface area (Å²) in [5.74, 6) is 0.885. The molecule has 0 atom stereocenters. The van der Waals surface area contributed by atoms with Crippen molar-refractivity contribution >= 4 is 5.96 Å². The maximum Gasteiger partial charge on any atom is 0.191 e. The fourth-order valence-electron chi connectivity index (χ4n) is 2.52. The Morgan fingerprint density at radius 3 is 2.58 bits per heavy atom. The van der Waals surface area contributed by atoms with Crippen LogP contribution in [0.1, 0.15) is 32.1 Å². The van der Waals surface area contributed by atoms with Gasteiger partial charge in [-0.2, -0.15) is 0 Å². The number of likely N-dealkylation sites (N-methyl/N-ethyl adjacent to an activating group) is 1. The van der Waals surface area contributed by atoms with Gasteiger partial charge in [-0.15, -0.1) is 0 Å². The summed E-state index contributed by atoms with van der Waals surface area (Å²) in [6, 6.07) is 0.790. The summed E-state index contributed by atoms with van der Waals surface area (Å²) < 4.78 is 5.02. The van der Waals surface area contributed by atoms with Crippen LogP contribution >= 0.6 is 0 Å². The van der Waals surface area contributed by atoms with Gasteiger partial charge in [-0.25, -0.2) is 0 Å². The van der Waals surface area contributed by atoms with Gasteiger partial charge >= 0.3 is 0 Å². The molecule has 1 fully saturated rings. The summed E-state index contributed by atoms with van der Waals surface area (Å²) in [5.41, 5.74) is 0. The molecule has 0 heterocycles. The van der Waals surface area contributed by atoms with E-state index in [1.54, 1.807) is 7.11 Å². The van der Waals surface area contributed by atoms with Crippen LogP contribution in [0.4, 0.5) is 0 Å². The summed E-state index contributed by atoms with van der Waals surface area (Å²) in [6.07, 6.45) is 6.51. The van der Waals surface area contributed by atoms with Crippen LogP contribution in [0.5, 0.6) is 0 Å². The summed E-state index contributed by atoms with van der Waals surface area (Å²) in [5, 5.41) is 6.64.